The van der Waals surface area contributed by atoms with Gasteiger partial charge in [-0.3, -0.25) is 4.79 Å². The van der Waals surface area contributed by atoms with Crippen LogP contribution in [0.3, 0.4) is 0 Å². The number of aryl methyl sites for hydroxylation is 1. The summed E-state index contributed by atoms with van der Waals surface area (Å²) < 4.78 is 12.1. The number of carbonyl (C=O) groups excluding carboxylic acids is 1. The maximum absolute atomic E-state index is 13.3. The lowest BCUT2D eigenvalue weighted by Crippen LogP contribution is -2.14. The third-order valence-electron chi connectivity index (χ3n) is 5.36. The predicted molar refractivity (Wildman–Crippen MR) is 144 cm³/mol. The van der Waals surface area contributed by atoms with Gasteiger partial charge in [0.2, 0.25) is 0 Å². The summed E-state index contributed by atoms with van der Waals surface area (Å²) in [7, 11) is 0. The van der Waals surface area contributed by atoms with Gasteiger partial charge < -0.3 is 14.8 Å². The highest BCUT2D eigenvalue weighted by atomic mass is 127. The van der Waals surface area contributed by atoms with E-state index < -0.39 is 0 Å². The molecular formula is C26H24IN3O3S. The summed E-state index contributed by atoms with van der Waals surface area (Å²) in [5, 5.41) is 12.6. The number of rotatable bonds is 8. The topological polar surface area (TPSA) is 83.7 Å². The molecule has 0 spiro atoms. The van der Waals surface area contributed by atoms with Gasteiger partial charge in [0, 0.05) is 16.8 Å². The number of hydrogen-bond donors (Lipinski definition) is 1. The first-order valence-corrected chi connectivity index (χ1v) is 13.0. The van der Waals surface area contributed by atoms with E-state index in [1.807, 2.05) is 55.5 Å². The number of fused-ring (bicyclic) bond motifs is 1. The molecule has 3 aromatic rings. The molecule has 0 atom stereocenters. The van der Waals surface area contributed by atoms with Gasteiger partial charge >= 0.3 is 0 Å². The molecule has 0 saturated heterocycles. The fraction of sp³-hybridized carbons (Fsp3) is 0.269. The van der Waals surface area contributed by atoms with E-state index in [1.54, 1.807) is 17.6 Å². The predicted octanol–water partition coefficient (Wildman–Crippen LogP) is 6.54. The summed E-state index contributed by atoms with van der Waals surface area (Å²) >= 11 is 3.77. The van der Waals surface area contributed by atoms with E-state index in [1.165, 1.54) is 4.88 Å². The van der Waals surface area contributed by atoms with Crippen LogP contribution in [0.2, 0.25) is 0 Å². The summed E-state index contributed by atoms with van der Waals surface area (Å²) in [6, 6.07) is 15.3. The smallest absolute Gasteiger partial charge is 0.259 e. The average Bonchev–Trinajstić information content (AvgIpc) is 3.22. The van der Waals surface area contributed by atoms with Crippen LogP contribution in [0.15, 0.2) is 47.5 Å². The van der Waals surface area contributed by atoms with Gasteiger partial charge in [0.25, 0.3) is 5.91 Å². The zero-order valence-electron chi connectivity index (χ0n) is 18.8. The van der Waals surface area contributed by atoms with Crippen molar-refractivity contribution in [3.05, 3.63) is 67.6 Å². The Morgan fingerprint density at radius 1 is 1.24 bits per heavy atom. The molecule has 0 aliphatic heterocycles. The Balaban J connectivity index is 1.67. The molecule has 174 valence electrons. The zero-order chi connectivity index (χ0) is 23.9. The highest BCUT2D eigenvalue weighted by molar-refractivity contribution is 14.1. The minimum atomic E-state index is -0.123. The second-order valence-electron chi connectivity index (χ2n) is 7.68. The molecule has 8 heteroatoms. The van der Waals surface area contributed by atoms with Crippen molar-refractivity contribution >= 4 is 56.7 Å². The lowest BCUT2D eigenvalue weighted by atomic mass is 9.95. The molecule has 1 N–H and O–H groups in total. The molecule has 1 aliphatic carbocycles. The van der Waals surface area contributed by atoms with Crippen molar-refractivity contribution in [1.29, 1.82) is 5.26 Å². The van der Waals surface area contributed by atoms with Crippen LogP contribution in [-0.4, -0.2) is 25.3 Å². The summed E-state index contributed by atoms with van der Waals surface area (Å²) in [5.41, 5.74) is 3.40. The Hall–Kier alpha value is -2.90. The van der Waals surface area contributed by atoms with Crippen molar-refractivity contribution in [2.24, 2.45) is 4.99 Å². The molecule has 1 aliphatic rings. The maximum Gasteiger partial charge on any atom is 0.259 e. The Bertz CT molecular complexity index is 1250. The number of amides is 1. The van der Waals surface area contributed by atoms with Crippen molar-refractivity contribution in [1.82, 2.24) is 0 Å². The van der Waals surface area contributed by atoms with E-state index in [2.05, 4.69) is 27.9 Å². The van der Waals surface area contributed by atoms with Crippen LogP contribution >= 0.6 is 33.9 Å². The van der Waals surface area contributed by atoms with Gasteiger partial charge in [0.15, 0.2) is 18.1 Å². The van der Waals surface area contributed by atoms with E-state index in [9.17, 15) is 4.79 Å². The summed E-state index contributed by atoms with van der Waals surface area (Å²) in [4.78, 5) is 19.3. The first-order valence-electron chi connectivity index (χ1n) is 11.1. The fourth-order valence-corrected chi connectivity index (χ4v) is 5.91. The molecule has 1 aromatic heterocycles. The highest BCUT2D eigenvalue weighted by Crippen LogP contribution is 2.40. The van der Waals surface area contributed by atoms with E-state index in [0.717, 1.165) is 51.1 Å². The molecule has 0 unspecified atom stereocenters. The molecule has 0 saturated carbocycles. The first-order chi connectivity index (χ1) is 16.6. The third kappa shape index (κ3) is 5.59. The Kier molecular flexibility index (Phi) is 8.19. The number of nitrogens with zero attached hydrogens (tertiary/aromatic N) is 2. The second kappa shape index (κ2) is 11.5. The Morgan fingerprint density at radius 2 is 2.03 bits per heavy atom. The van der Waals surface area contributed by atoms with Crippen LogP contribution in [0.1, 0.15) is 46.1 Å². The molecule has 0 radical (unpaired) electrons. The van der Waals surface area contributed by atoms with Crippen LogP contribution in [0, 0.1) is 14.9 Å². The number of halogens is 1. The van der Waals surface area contributed by atoms with Crippen LogP contribution in [0.4, 0.5) is 10.7 Å². The van der Waals surface area contributed by atoms with Crippen LogP contribution in [0.25, 0.3) is 0 Å². The highest BCUT2D eigenvalue weighted by Gasteiger charge is 2.25. The van der Waals surface area contributed by atoms with Crippen molar-refractivity contribution in [3.8, 4) is 17.6 Å². The molecule has 2 aromatic carbocycles. The number of anilines is 1. The number of aliphatic imine (C=N–C) groups is 1. The summed E-state index contributed by atoms with van der Waals surface area (Å²) in [6.45, 7) is 2.32. The normalized spacial score (nSPS) is 12.7. The van der Waals surface area contributed by atoms with Gasteiger partial charge in [0.05, 0.1) is 15.7 Å². The number of carbonyl (C=O) groups is 1. The van der Waals surface area contributed by atoms with Gasteiger partial charge in [0.1, 0.15) is 11.1 Å². The number of nitrogens with one attached hydrogen (secondary N) is 1. The van der Waals surface area contributed by atoms with Gasteiger partial charge in [-0.2, -0.15) is 5.26 Å². The Morgan fingerprint density at radius 3 is 2.79 bits per heavy atom. The second-order valence-corrected chi connectivity index (χ2v) is 9.93. The number of benzene rings is 2. The lowest BCUT2D eigenvalue weighted by Gasteiger charge is -2.13. The largest absolute Gasteiger partial charge is 0.490 e. The van der Waals surface area contributed by atoms with Gasteiger partial charge in [-0.1, -0.05) is 18.2 Å². The van der Waals surface area contributed by atoms with Crippen molar-refractivity contribution in [3.63, 3.8) is 0 Å². The van der Waals surface area contributed by atoms with Crippen LogP contribution in [0.5, 0.6) is 11.5 Å². The van der Waals surface area contributed by atoms with E-state index in [0.29, 0.717) is 23.7 Å². The van der Waals surface area contributed by atoms with Crippen molar-refractivity contribution in [2.45, 2.75) is 32.6 Å². The average molecular weight is 585 g/mol. The monoisotopic (exact) mass is 585 g/mol. The van der Waals surface area contributed by atoms with Crippen LogP contribution < -0.4 is 14.8 Å². The lowest BCUT2D eigenvalue weighted by molar-refractivity contribution is 0.102. The van der Waals surface area contributed by atoms with E-state index >= 15 is 0 Å². The SMILES string of the molecule is CCOc1cc(C=Nc2sc3c(c2C(=O)Nc2ccccc2)CCCC3)cc(I)c1OCC#N. The molecule has 1 heterocycles. The zero-order valence-corrected chi connectivity index (χ0v) is 21.7. The van der Waals surface area contributed by atoms with E-state index in [4.69, 9.17) is 19.7 Å². The van der Waals surface area contributed by atoms with Crippen molar-refractivity contribution in [2.75, 3.05) is 18.5 Å². The number of nitriles is 1. The minimum absolute atomic E-state index is 0.0514. The number of para-hydroxylation sites is 1. The number of hydrogen-bond acceptors (Lipinski definition) is 6. The minimum Gasteiger partial charge on any atom is -0.490 e. The van der Waals surface area contributed by atoms with Crippen molar-refractivity contribution < 1.29 is 14.3 Å². The number of ether oxygens (including phenoxy) is 2. The molecular weight excluding hydrogens is 561 g/mol. The quantitative estimate of drug-likeness (QED) is 0.241. The molecule has 4 rings (SSSR count). The Labute approximate surface area is 216 Å². The molecule has 34 heavy (non-hydrogen) atoms. The summed E-state index contributed by atoms with van der Waals surface area (Å²) in [5.74, 6) is 0.997. The van der Waals surface area contributed by atoms with Crippen LogP contribution in [-0.2, 0) is 12.8 Å². The molecule has 1 amide bonds. The van der Waals surface area contributed by atoms with Gasteiger partial charge in [-0.25, -0.2) is 4.99 Å². The van der Waals surface area contributed by atoms with Gasteiger partial charge in [-0.15, -0.1) is 11.3 Å². The third-order valence-corrected chi connectivity index (χ3v) is 7.36. The first kappa shape index (κ1) is 24.2. The number of thiophene rings is 1. The molecule has 0 fully saturated rings. The maximum atomic E-state index is 13.3. The standard InChI is InChI=1S/C26H24IN3O3S/c1-2-32-21-15-17(14-20(27)24(21)33-13-12-28)16-29-26-23(19-10-6-7-11-22(19)34-26)25(31)30-18-8-4-3-5-9-18/h3-5,8-9,14-16H,2,6-7,10-11,13H2,1H3,(H,30,31). The van der Waals surface area contributed by atoms with Gasteiger partial charge in [-0.05, 0) is 90.6 Å². The summed E-state index contributed by atoms with van der Waals surface area (Å²) in [6.07, 6.45) is 5.86. The fourth-order valence-electron chi connectivity index (χ4n) is 3.89. The molecule has 0 bridgehead atoms. The molecule has 6 nitrogen and oxygen atoms in total. The van der Waals surface area contributed by atoms with E-state index in [-0.39, 0.29) is 12.5 Å².